The SMILES string of the molecule is Cc1c(Cl)c(C(F)F)nn1CC(=O)Nc1ccc2c(c1)OCCO2. The molecule has 2 heterocycles. The smallest absolute Gasteiger partial charge is 0.283 e. The van der Waals surface area contributed by atoms with Crippen molar-refractivity contribution >= 4 is 23.2 Å². The topological polar surface area (TPSA) is 65.4 Å². The van der Waals surface area contributed by atoms with Gasteiger partial charge in [-0.15, -0.1) is 0 Å². The number of rotatable bonds is 4. The second-order valence-corrected chi connectivity index (χ2v) is 5.53. The first-order valence-corrected chi connectivity index (χ1v) is 7.54. The van der Waals surface area contributed by atoms with Crippen LogP contribution in [0.15, 0.2) is 18.2 Å². The summed E-state index contributed by atoms with van der Waals surface area (Å²) in [6.07, 6.45) is -2.79. The Morgan fingerprint density at radius 3 is 2.75 bits per heavy atom. The Kier molecular flexibility index (Phi) is 4.57. The van der Waals surface area contributed by atoms with E-state index in [0.717, 1.165) is 4.68 Å². The van der Waals surface area contributed by atoms with Crippen LogP contribution in [0.1, 0.15) is 17.8 Å². The van der Waals surface area contributed by atoms with Gasteiger partial charge in [-0.25, -0.2) is 8.78 Å². The van der Waals surface area contributed by atoms with Crippen molar-refractivity contribution in [2.24, 2.45) is 0 Å². The van der Waals surface area contributed by atoms with Crippen LogP contribution in [0.25, 0.3) is 0 Å². The highest BCUT2D eigenvalue weighted by atomic mass is 35.5. The van der Waals surface area contributed by atoms with E-state index in [4.69, 9.17) is 21.1 Å². The number of carbonyl (C=O) groups excluding carboxylic acids is 1. The standard InChI is InChI=1S/C15H14ClF2N3O3/c1-8-13(16)14(15(17)18)20-21(8)7-12(22)19-9-2-3-10-11(6-9)24-5-4-23-10/h2-3,6,15H,4-5,7H2,1H3,(H,19,22). The van der Waals surface area contributed by atoms with Gasteiger partial charge in [0.15, 0.2) is 11.5 Å². The zero-order valence-electron chi connectivity index (χ0n) is 12.7. The molecule has 1 N–H and O–H groups in total. The molecule has 6 nitrogen and oxygen atoms in total. The van der Waals surface area contributed by atoms with Gasteiger partial charge in [-0.3, -0.25) is 9.48 Å². The van der Waals surface area contributed by atoms with Crippen molar-refractivity contribution in [1.82, 2.24) is 9.78 Å². The molecular formula is C15H14ClF2N3O3. The van der Waals surface area contributed by atoms with Crippen LogP contribution in [0.2, 0.25) is 5.02 Å². The minimum absolute atomic E-state index is 0.128. The summed E-state index contributed by atoms with van der Waals surface area (Å²) in [7, 11) is 0. The molecule has 3 rings (SSSR count). The minimum atomic E-state index is -2.79. The molecule has 0 fully saturated rings. The normalized spacial score (nSPS) is 13.2. The predicted octanol–water partition coefficient (Wildman–Crippen LogP) is 3.19. The van der Waals surface area contributed by atoms with Crippen LogP contribution >= 0.6 is 11.6 Å². The molecule has 1 aromatic carbocycles. The molecule has 24 heavy (non-hydrogen) atoms. The molecule has 0 unspecified atom stereocenters. The second kappa shape index (κ2) is 6.64. The van der Waals surface area contributed by atoms with Crippen molar-refractivity contribution in [3.63, 3.8) is 0 Å². The fraction of sp³-hybridized carbons (Fsp3) is 0.333. The maximum Gasteiger partial charge on any atom is 0.283 e. The lowest BCUT2D eigenvalue weighted by molar-refractivity contribution is -0.117. The van der Waals surface area contributed by atoms with Crippen molar-refractivity contribution in [3.05, 3.63) is 34.6 Å². The van der Waals surface area contributed by atoms with Crippen molar-refractivity contribution in [2.45, 2.75) is 19.9 Å². The van der Waals surface area contributed by atoms with Gasteiger partial charge in [0.25, 0.3) is 6.43 Å². The average molecular weight is 358 g/mol. The van der Waals surface area contributed by atoms with E-state index in [9.17, 15) is 13.6 Å². The fourth-order valence-corrected chi connectivity index (χ4v) is 2.52. The summed E-state index contributed by atoms with van der Waals surface area (Å²) in [6.45, 7) is 2.21. The Labute approximate surface area is 141 Å². The molecule has 0 atom stereocenters. The van der Waals surface area contributed by atoms with E-state index in [-0.39, 0.29) is 11.6 Å². The van der Waals surface area contributed by atoms with Crippen LogP contribution in [0, 0.1) is 6.92 Å². The van der Waals surface area contributed by atoms with Crippen molar-refractivity contribution < 1.29 is 23.0 Å². The third-order valence-corrected chi connectivity index (χ3v) is 3.95. The molecule has 1 aliphatic rings. The Morgan fingerprint density at radius 1 is 1.38 bits per heavy atom. The molecule has 0 saturated carbocycles. The number of halogens is 3. The molecule has 0 spiro atoms. The molecule has 128 valence electrons. The van der Waals surface area contributed by atoms with Gasteiger partial charge in [-0.1, -0.05) is 11.6 Å². The number of ether oxygens (including phenoxy) is 2. The van der Waals surface area contributed by atoms with Crippen molar-refractivity contribution in [1.29, 1.82) is 0 Å². The first-order chi connectivity index (χ1) is 11.5. The van der Waals surface area contributed by atoms with Gasteiger partial charge in [0.2, 0.25) is 5.91 Å². The summed E-state index contributed by atoms with van der Waals surface area (Å²) in [5, 5.41) is 6.22. The number of hydrogen-bond acceptors (Lipinski definition) is 4. The summed E-state index contributed by atoms with van der Waals surface area (Å²) in [6, 6.07) is 4.99. The molecular weight excluding hydrogens is 344 g/mol. The highest BCUT2D eigenvalue weighted by Crippen LogP contribution is 2.32. The summed E-state index contributed by atoms with van der Waals surface area (Å²) < 4.78 is 37.5. The van der Waals surface area contributed by atoms with Crippen molar-refractivity contribution in [3.8, 4) is 11.5 Å². The highest BCUT2D eigenvalue weighted by molar-refractivity contribution is 6.31. The van der Waals surface area contributed by atoms with Crippen LogP contribution in [-0.2, 0) is 11.3 Å². The number of nitrogens with one attached hydrogen (secondary N) is 1. The van der Waals surface area contributed by atoms with Crippen LogP contribution in [0.3, 0.4) is 0 Å². The second-order valence-electron chi connectivity index (χ2n) is 5.15. The van der Waals surface area contributed by atoms with Crippen LogP contribution < -0.4 is 14.8 Å². The molecule has 0 bridgehead atoms. The molecule has 0 radical (unpaired) electrons. The number of alkyl halides is 2. The first-order valence-electron chi connectivity index (χ1n) is 7.16. The first kappa shape index (κ1) is 16.5. The molecule has 1 aliphatic heterocycles. The number of fused-ring (bicyclic) bond motifs is 1. The third kappa shape index (κ3) is 3.28. The van der Waals surface area contributed by atoms with Gasteiger partial charge in [-0.05, 0) is 19.1 Å². The predicted molar refractivity (Wildman–Crippen MR) is 83.0 cm³/mol. The van der Waals surface area contributed by atoms with E-state index in [2.05, 4.69) is 10.4 Å². The lowest BCUT2D eigenvalue weighted by Gasteiger charge is -2.19. The van der Waals surface area contributed by atoms with E-state index in [1.807, 2.05) is 0 Å². The van der Waals surface area contributed by atoms with Gasteiger partial charge in [0, 0.05) is 11.8 Å². The van der Waals surface area contributed by atoms with Gasteiger partial charge in [0.1, 0.15) is 25.5 Å². The highest BCUT2D eigenvalue weighted by Gasteiger charge is 2.21. The number of nitrogens with zero attached hydrogens (tertiary/aromatic N) is 2. The molecule has 1 amide bonds. The largest absolute Gasteiger partial charge is 0.486 e. The number of hydrogen-bond donors (Lipinski definition) is 1. The Bertz CT molecular complexity index is 780. The monoisotopic (exact) mass is 357 g/mol. The fourth-order valence-electron chi connectivity index (χ4n) is 2.30. The van der Waals surface area contributed by atoms with Gasteiger partial charge >= 0.3 is 0 Å². The maximum absolute atomic E-state index is 12.8. The molecule has 1 aromatic heterocycles. The number of carbonyl (C=O) groups is 1. The third-order valence-electron chi connectivity index (χ3n) is 3.48. The quantitative estimate of drug-likeness (QED) is 0.912. The van der Waals surface area contributed by atoms with Crippen molar-refractivity contribution in [2.75, 3.05) is 18.5 Å². The Balaban J connectivity index is 1.71. The van der Waals surface area contributed by atoms with Gasteiger partial charge in [-0.2, -0.15) is 5.10 Å². The summed E-state index contributed by atoms with van der Waals surface area (Å²) in [4.78, 5) is 12.1. The number of aromatic nitrogens is 2. The van der Waals surface area contributed by atoms with Crippen LogP contribution in [0.5, 0.6) is 11.5 Å². The minimum Gasteiger partial charge on any atom is -0.486 e. The Morgan fingerprint density at radius 2 is 2.08 bits per heavy atom. The van der Waals surface area contributed by atoms with Gasteiger partial charge < -0.3 is 14.8 Å². The molecule has 2 aromatic rings. The van der Waals surface area contributed by atoms with E-state index in [1.54, 1.807) is 18.2 Å². The maximum atomic E-state index is 12.8. The Hall–Kier alpha value is -2.35. The van der Waals surface area contributed by atoms with Crippen LogP contribution in [-0.4, -0.2) is 28.9 Å². The molecule has 9 heteroatoms. The molecule has 0 saturated heterocycles. The molecule has 0 aliphatic carbocycles. The van der Waals surface area contributed by atoms with Gasteiger partial charge in [0.05, 0.1) is 10.7 Å². The lowest BCUT2D eigenvalue weighted by atomic mass is 10.2. The van der Waals surface area contributed by atoms with E-state index < -0.39 is 18.0 Å². The zero-order chi connectivity index (χ0) is 17.3. The lowest BCUT2D eigenvalue weighted by Crippen LogP contribution is -2.21. The average Bonchev–Trinajstić information content (AvgIpc) is 2.83. The summed E-state index contributed by atoms with van der Waals surface area (Å²) >= 11 is 5.81. The van der Waals surface area contributed by atoms with E-state index >= 15 is 0 Å². The van der Waals surface area contributed by atoms with E-state index in [1.165, 1.54) is 6.92 Å². The van der Waals surface area contributed by atoms with Crippen LogP contribution in [0.4, 0.5) is 14.5 Å². The summed E-state index contributed by atoms with van der Waals surface area (Å²) in [5.41, 5.74) is 0.292. The number of amides is 1. The van der Waals surface area contributed by atoms with E-state index in [0.29, 0.717) is 36.1 Å². The summed E-state index contributed by atoms with van der Waals surface area (Å²) in [5.74, 6) is 0.725. The number of anilines is 1. The zero-order valence-corrected chi connectivity index (χ0v) is 13.4. The number of benzene rings is 1.